The minimum atomic E-state index is -0.854. The largest absolute Gasteiger partial charge is 0.480 e. The molecule has 2 saturated carbocycles. The second kappa shape index (κ2) is 1.37. The Kier molecular flexibility index (Phi) is 0.844. The summed E-state index contributed by atoms with van der Waals surface area (Å²) in [7, 11) is 0. The fraction of sp³-hybridized carbons (Fsp3) is 0.857. The molecule has 1 atom stereocenters. The highest BCUT2D eigenvalue weighted by atomic mass is 16.4. The molecular formula is C7H11NO2. The normalized spacial score (nSPS) is 40.9. The fourth-order valence-electron chi connectivity index (χ4n) is 1.93. The van der Waals surface area contributed by atoms with Crippen LogP contribution in [0.2, 0.25) is 0 Å². The number of carboxylic acid groups (broad SMARTS) is 1. The Labute approximate surface area is 59.2 Å². The number of nitrogens with two attached hydrogens (primary N) is 1. The fourth-order valence-corrected chi connectivity index (χ4v) is 1.93. The Balaban J connectivity index is 2.23. The summed E-state index contributed by atoms with van der Waals surface area (Å²) in [4.78, 5) is 10.6. The first-order valence-corrected chi connectivity index (χ1v) is 3.63. The van der Waals surface area contributed by atoms with Gasteiger partial charge >= 0.3 is 5.97 Å². The van der Waals surface area contributed by atoms with Crippen LogP contribution in [0.25, 0.3) is 0 Å². The van der Waals surface area contributed by atoms with Gasteiger partial charge in [0.15, 0.2) is 0 Å². The molecule has 0 aliphatic heterocycles. The van der Waals surface area contributed by atoms with Crippen molar-refractivity contribution < 1.29 is 9.90 Å². The molecule has 2 fully saturated rings. The molecule has 0 bridgehead atoms. The van der Waals surface area contributed by atoms with Crippen LogP contribution in [0, 0.1) is 5.41 Å². The predicted octanol–water partition coefficient (Wildman–Crippen LogP) is 0.342. The zero-order valence-electron chi connectivity index (χ0n) is 5.76. The van der Waals surface area contributed by atoms with Crippen molar-refractivity contribution in [3.05, 3.63) is 0 Å². The smallest absolute Gasteiger partial charge is 0.324 e. The lowest BCUT2D eigenvalue weighted by molar-refractivity contribution is -0.152. The van der Waals surface area contributed by atoms with Crippen molar-refractivity contribution in [3.8, 4) is 0 Å². The molecule has 1 spiro atoms. The molecular weight excluding hydrogens is 130 g/mol. The van der Waals surface area contributed by atoms with Crippen LogP contribution in [-0.2, 0) is 4.79 Å². The minimum absolute atomic E-state index is 0.0266. The van der Waals surface area contributed by atoms with Gasteiger partial charge in [0.05, 0.1) is 0 Å². The maximum absolute atomic E-state index is 10.6. The average Bonchev–Trinajstić information content (AvgIpc) is 2.63. The van der Waals surface area contributed by atoms with E-state index in [1.54, 1.807) is 0 Å². The van der Waals surface area contributed by atoms with Crippen molar-refractivity contribution in [2.24, 2.45) is 11.1 Å². The van der Waals surface area contributed by atoms with Crippen LogP contribution in [-0.4, -0.2) is 16.6 Å². The summed E-state index contributed by atoms with van der Waals surface area (Å²) in [5.74, 6) is -0.809. The SMILES string of the molecule is NC1(C(=O)O)CCC12CC2. The number of carboxylic acids is 1. The lowest BCUT2D eigenvalue weighted by atomic mass is 9.64. The van der Waals surface area contributed by atoms with Crippen molar-refractivity contribution in [1.29, 1.82) is 0 Å². The van der Waals surface area contributed by atoms with Gasteiger partial charge in [-0.05, 0) is 31.1 Å². The Morgan fingerprint density at radius 3 is 1.90 bits per heavy atom. The van der Waals surface area contributed by atoms with Gasteiger partial charge in [0.1, 0.15) is 5.54 Å². The molecule has 3 N–H and O–H groups in total. The van der Waals surface area contributed by atoms with Gasteiger partial charge in [0.2, 0.25) is 0 Å². The second-order valence-electron chi connectivity index (χ2n) is 3.56. The van der Waals surface area contributed by atoms with Gasteiger partial charge in [-0.25, -0.2) is 0 Å². The van der Waals surface area contributed by atoms with Crippen molar-refractivity contribution in [1.82, 2.24) is 0 Å². The molecule has 10 heavy (non-hydrogen) atoms. The molecule has 2 rings (SSSR count). The van der Waals surface area contributed by atoms with Crippen LogP contribution < -0.4 is 5.73 Å². The van der Waals surface area contributed by atoms with Gasteiger partial charge in [-0.15, -0.1) is 0 Å². The highest BCUT2D eigenvalue weighted by Gasteiger charge is 2.67. The summed E-state index contributed by atoms with van der Waals surface area (Å²) in [6, 6.07) is 0. The van der Waals surface area contributed by atoms with Crippen LogP contribution in [0.5, 0.6) is 0 Å². The maximum atomic E-state index is 10.6. The molecule has 0 amide bonds. The number of hydrogen-bond acceptors (Lipinski definition) is 2. The van der Waals surface area contributed by atoms with E-state index < -0.39 is 11.5 Å². The number of aliphatic carboxylic acids is 1. The van der Waals surface area contributed by atoms with Gasteiger partial charge in [-0.3, -0.25) is 4.79 Å². The topological polar surface area (TPSA) is 63.3 Å². The van der Waals surface area contributed by atoms with E-state index in [0.29, 0.717) is 6.42 Å². The van der Waals surface area contributed by atoms with Gasteiger partial charge < -0.3 is 10.8 Å². The van der Waals surface area contributed by atoms with Gasteiger partial charge in [0.25, 0.3) is 0 Å². The predicted molar refractivity (Wildman–Crippen MR) is 35.5 cm³/mol. The van der Waals surface area contributed by atoms with Crippen LogP contribution in [0.15, 0.2) is 0 Å². The van der Waals surface area contributed by atoms with E-state index in [1.807, 2.05) is 0 Å². The van der Waals surface area contributed by atoms with Crippen molar-refractivity contribution in [2.45, 2.75) is 31.2 Å². The Bertz CT molecular complexity index is 198. The first-order chi connectivity index (χ1) is 4.61. The molecule has 3 heteroatoms. The third kappa shape index (κ3) is 0.440. The van der Waals surface area contributed by atoms with Crippen molar-refractivity contribution >= 4 is 5.97 Å². The Morgan fingerprint density at radius 2 is 1.80 bits per heavy atom. The van der Waals surface area contributed by atoms with Gasteiger partial charge in [0, 0.05) is 0 Å². The summed E-state index contributed by atoms with van der Waals surface area (Å²) in [5, 5.41) is 8.74. The average molecular weight is 141 g/mol. The summed E-state index contributed by atoms with van der Waals surface area (Å²) < 4.78 is 0. The zero-order chi connectivity index (χ0) is 7.41. The van der Waals surface area contributed by atoms with E-state index in [2.05, 4.69) is 0 Å². The van der Waals surface area contributed by atoms with Crippen LogP contribution in [0.3, 0.4) is 0 Å². The van der Waals surface area contributed by atoms with Crippen LogP contribution in [0.4, 0.5) is 0 Å². The third-order valence-electron chi connectivity index (χ3n) is 3.18. The van der Waals surface area contributed by atoms with Crippen LogP contribution in [0.1, 0.15) is 25.7 Å². The first-order valence-electron chi connectivity index (χ1n) is 3.63. The molecule has 1 unspecified atom stereocenters. The molecule has 0 aromatic rings. The summed E-state index contributed by atoms with van der Waals surface area (Å²) >= 11 is 0. The summed E-state index contributed by atoms with van der Waals surface area (Å²) in [5.41, 5.74) is 4.86. The van der Waals surface area contributed by atoms with E-state index in [-0.39, 0.29) is 5.41 Å². The van der Waals surface area contributed by atoms with E-state index in [0.717, 1.165) is 19.3 Å². The minimum Gasteiger partial charge on any atom is -0.480 e. The standard InChI is InChI=1S/C7H11NO2/c8-7(5(9)10)4-3-6(7)1-2-6/h1-4,8H2,(H,9,10). The number of rotatable bonds is 1. The quantitative estimate of drug-likeness (QED) is 0.553. The third-order valence-corrected chi connectivity index (χ3v) is 3.18. The monoisotopic (exact) mass is 141 g/mol. The van der Waals surface area contributed by atoms with E-state index in [9.17, 15) is 4.79 Å². The zero-order valence-corrected chi connectivity index (χ0v) is 5.76. The van der Waals surface area contributed by atoms with Gasteiger partial charge in [-0.2, -0.15) is 0 Å². The molecule has 0 aromatic carbocycles. The van der Waals surface area contributed by atoms with E-state index in [4.69, 9.17) is 10.8 Å². The lowest BCUT2D eigenvalue weighted by Gasteiger charge is -2.44. The van der Waals surface area contributed by atoms with E-state index >= 15 is 0 Å². The first kappa shape index (κ1) is 6.16. The second-order valence-corrected chi connectivity index (χ2v) is 3.56. The summed E-state index contributed by atoms with van der Waals surface area (Å²) in [6.07, 6.45) is 3.74. The van der Waals surface area contributed by atoms with Crippen molar-refractivity contribution in [2.75, 3.05) is 0 Å². The molecule has 0 saturated heterocycles. The van der Waals surface area contributed by atoms with Gasteiger partial charge in [-0.1, -0.05) is 0 Å². The highest BCUT2D eigenvalue weighted by molar-refractivity contribution is 5.82. The molecule has 0 radical (unpaired) electrons. The highest BCUT2D eigenvalue weighted by Crippen LogP contribution is 2.65. The Morgan fingerprint density at radius 1 is 1.30 bits per heavy atom. The number of carbonyl (C=O) groups is 1. The molecule has 3 nitrogen and oxygen atoms in total. The molecule has 0 heterocycles. The molecule has 56 valence electrons. The number of hydrogen-bond donors (Lipinski definition) is 2. The maximum Gasteiger partial charge on any atom is 0.324 e. The van der Waals surface area contributed by atoms with E-state index in [1.165, 1.54) is 0 Å². The van der Waals surface area contributed by atoms with Crippen molar-refractivity contribution in [3.63, 3.8) is 0 Å². The summed E-state index contributed by atoms with van der Waals surface area (Å²) in [6.45, 7) is 0. The molecule has 2 aliphatic carbocycles. The molecule has 2 aliphatic rings. The molecule has 0 aromatic heterocycles. The van der Waals surface area contributed by atoms with Crippen LogP contribution >= 0.6 is 0 Å². The Hall–Kier alpha value is -0.570. The lowest BCUT2D eigenvalue weighted by Crippen LogP contribution is -2.62.